The molecule has 6 heteroatoms. The number of nitrogens with zero attached hydrogens (tertiary/aromatic N) is 4. The van der Waals surface area contributed by atoms with E-state index in [1.165, 1.54) is 0 Å². The van der Waals surface area contributed by atoms with Gasteiger partial charge >= 0.3 is 0 Å². The van der Waals surface area contributed by atoms with Crippen molar-refractivity contribution < 1.29 is 9.53 Å². The molecule has 134 valence electrons. The first-order valence-corrected chi connectivity index (χ1v) is 8.76. The van der Waals surface area contributed by atoms with Gasteiger partial charge in [-0.1, -0.05) is 30.3 Å². The molecule has 0 saturated carbocycles. The van der Waals surface area contributed by atoms with Gasteiger partial charge in [0.1, 0.15) is 5.69 Å². The minimum absolute atomic E-state index is 0.0141. The van der Waals surface area contributed by atoms with E-state index in [2.05, 4.69) is 22.1 Å². The molecule has 1 amide bonds. The minimum Gasteiger partial charge on any atom is -0.373 e. The standard InChI is InChI=1S/C19H26N4O2/c1-4-23-16(10-11-20-23)19(24)22-12-13-25-17(14-21(2)3)18(22)15-8-6-5-7-9-15/h5-11,17-18H,4,12-14H2,1-3H3/t17-,18-/m0/s1. The van der Waals surface area contributed by atoms with Crippen LogP contribution >= 0.6 is 0 Å². The summed E-state index contributed by atoms with van der Waals surface area (Å²) < 4.78 is 7.80. The zero-order valence-corrected chi connectivity index (χ0v) is 15.1. The van der Waals surface area contributed by atoms with Crippen molar-refractivity contribution >= 4 is 5.91 Å². The molecule has 0 aliphatic carbocycles. The van der Waals surface area contributed by atoms with Crippen LogP contribution in [0.15, 0.2) is 42.6 Å². The highest BCUT2D eigenvalue weighted by Crippen LogP contribution is 2.31. The Morgan fingerprint density at radius 3 is 2.72 bits per heavy atom. The van der Waals surface area contributed by atoms with Crippen LogP contribution in [0.3, 0.4) is 0 Å². The van der Waals surface area contributed by atoms with Crippen molar-refractivity contribution in [3.8, 4) is 0 Å². The van der Waals surface area contributed by atoms with E-state index >= 15 is 0 Å². The summed E-state index contributed by atoms with van der Waals surface area (Å²) in [6, 6.07) is 11.8. The maximum Gasteiger partial charge on any atom is 0.272 e. The Morgan fingerprint density at radius 1 is 1.28 bits per heavy atom. The Balaban J connectivity index is 1.96. The number of benzene rings is 1. The fourth-order valence-electron chi connectivity index (χ4n) is 3.43. The van der Waals surface area contributed by atoms with Gasteiger partial charge in [-0.25, -0.2) is 0 Å². The minimum atomic E-state index is -0.106. The first-order chi connectivity index (χ1) is 12.1. The van der Waals surface area contributed by atoms with Gasteiger partial charge in [0.25, 0.3) is 5.91 Å². The average Bonchev–Trinajstić information content (AvgIpc) is 3.10. The topological polar surface area (TPSA) is 50.6 Å². The number of ether oxygens (including phenoxy) is 1. The van der Waals surface area contributed by atoms with Gasteiger partial charge < -0.3 is 14.5 Å². The van der Waals surface area contributed by atoms with Crippen molar-refractivity contribution in [2.24, 2.45) is 0 Å². The molecule has 0 N–H and O–H groups in total. The molecule has 25 heavy (non-hydrogen) atoms. The van der Waals surface area contributed by atoms with Gasteiger partial charge in [0.05, 0.1) is 18.8 Å². The van der Waals surface area contributed by atoms with Crippen LogP contribution in [-0.4, -0.2) is 65.4 Å². The number of morpholine rings is 1. The van der Waals surface area contributed by atoms with Crippen LogP contribution in [-0.2, 0) is 11.3 Å². The summed E-state index contributed by atoms with van der Waals surface area (Å²) in [5.41, 5.74) is 1.74. The molecule has 0 unspecified atom stereocenters. The van der Waals surface area contributed by atoms with Crippen LogP contribution in [0.1, 0.15) is 29.0 Å². The lowest BCUT2D eigenvalue weighted by Crippen LogP contribution is -2.51. The van der Waals surface area contributed by atoms with Crippen LogP contribution < -0.4 is 0 Å². The first-order valence-electron chi connectivity index (χ1n) is 8.76. The van der Waals surface area contributed by atoms with E-state index in [4.69, 9.17) is 4.74 Å². The van der Waals surface area contributed by atoms with E-state index in [9.17, 15) is 4.79 Å². The third kappa shape index (κ3) is 3.75. The summed E-state index contributed by atoms with van der Waals surface area (Å²) in [4.78, 5) is 17.3. The molecule has 3 rings (SSSR count). The fourth-order valence-corrected chi connectivity index (χ4v) is 3.43. The lowest BCUT2D eigenvalue weighted by atomic mass is 9.97. The molecular weight excluding hydrogens is 316 g/mol. The molecule has 0 bridgehead atoms. The maximum atomic E-state index is 13.3. The molecular formula is C19H26N4O2. The van der Waals surface area contributed by atoms with E-state index in [0.29, 0.717) is 25.4 Å². The predicted octanol–water partition coefficient (Wildman–Crippen LogP) is 2.05. The number of amides is 1. The third-order valence-corrected chi connectivity index (χ3v) is 4.53. The van der Waals surface area contributed by atoms with Crippen LogP contribution in [0.4, 0.5) is 0 Å². The van der Waals surface area contributed by atoms with E-state index in [-0.39, 0.29) is 18.1 Å². The van der Waals surface area contributed by atoms with Gasteiger partial charge in [-0.15, -0.1) is 0 Å². The van der Waals surface area contributed by atoms with Gasteiger partial charge in [0, 0.05) is 25.8 Å². The smallest absolute Gasteiger partial charge is 0.272 e. The summed E-state index contributed by atoms with van der Waals surface area (Å²) in [6.45, 7) is 4.56. The van der Waals surface area contributed by atoms with Crippen LogP contribution in [0.25, 0.3) is 0 Å². The van der Waals surface area contributed by atoms with Gasteiger partial charge in [0.15, 0.2) is 0 Å². The van der Waals surface area contributed by atoms with E-state index < -0.39 is 0 Å². The fraction of sp³-hybridized carbons (Fsp3) is 0.474. The number of likely N-dealkylation sites (N-methyl/N-ethyl adjacent to an activating group) is 1. The third-order valence-electron chi connectivity index (χ3n) is 4.53. The highest BCUT2D eigenvalue weighted by Gasteiger charge is 2.37. The summed E-state index contributed by atoms with van der Waals surface area (Å²) in [7, 11) is 4.05. The second-order valence-corrected chi connectivity index (χ2v) is 6.56. The predicted molar refractivity (Wildman–Crippen MR) is 96.4 cm³/mol. The lowest BCUT2D eigenvalue weighted by Gasteiger charge is -2.42. The largest absolute Gasteiger partial charge is 0.373 e. The Bertz CT molecular complexity index is 698. The van der Waals surface area contributed by atoms with E-state index in [0.717, 1.165) is 12.1 Å². The molecule has 1 fully saturated rings. The van der Waals surface area contributed by atoms with Gasteiger partial charge in [-0.2, -0.15) is 5.10 Å². The second-order valence-electron chi connectivity index (χ2n) is 6.56. The highest BCUT2D eigenvalue weighted by atomic mass is 16.5. The summed E-state index contributed by atoms with van der Waals surface area (Å²) in [6.07, 6.45) is 1.62. The molecule has 2 aromatic rings. The molecule has 1 aromatic heterocycles. The number of aromatic nitrogens is 2. The van der Waals surface area contributed by atoms with E-state index in [1.807, 2.05) is 44.1 Å². The number of carbonyl (C=O) groups excluding carboxylic acids is 1. The Kier molecular flexibility index (Phi) is 5.50. The van der Waals surface area contributed by atoms with Crippen molar-refractivity contribution in [3.05, 3.63) is 53.9 Å². The average molecular weight is 342 g/mol. The SMILES string of the molecule is CCn1nccc1C(=O)N1CCO[C@@H](CN(C)C)[C@@H]1c1ccccc1. The first kappa shape index (κ1) is 17.6. The van der Waals surface area contributed by atoms with Crippen molar-refractivity contribution in [3.63, 3.8) is 0 Å². The zero-order valence-electron chi connectivity index (χ0n) is 15.1. The monoisotopic (exact) mass is 342 g/mol. The van der Waals surface area contributed by atoms with Crippen molar-refractivity contribution in [2.45, 2.75) is 25.6 Å². The van der Waals surface area contributed by atoms with Gasteiger partial charge in [-0.3, -0.25) is 9.48 Å². The maximum absolute atomic E-state index is 13.3. The van der Waals surface area contributed by atoms with Gasteiger partial charge in [-0.05, 0) is 32.6 Å². The number of hydrogen-bond donors (Lipinski definition) is 0. The Morgan fingerprint density at radius 2 is 2.04 bits per heavy atom. The summed E-state index contributed by atoms with van der Waals surface area (Å²) in [5, 5.41) is 4.25. The number of hydrogen-bond acceptors (Lipinski definition) is 4. The van der Waals surface area contributed by atoms with Crippen molar-refractivity contribution in [1.82, 2.24) is 19.6 Å². The lowest BCUT2D eigenvalue weighted by molar-refractivity contribution is -0.0687. The van der Waals surface area contributed by atoms with Crippen LogP contribution in [0.5, 0.6) is 0 Å². The second kappa shape index (κ2) is 7.80. The summed E-state index contributed by atoms with van der Waals surface area (Å²) >= 11 is 0. The molecule has 0 spiro atoms. The Labute approximate surface area is 149 Å². The number of carbonyl (C=O) groups is 1. The number of rotatable bonds is 5. The van der Waals surface area contributed by atoms with Crippen LogP contribution in [0.2, 0.25) is 0 Å². The Hall–Kier alpha value is -2.18. The molecule has 0 radical (unpaired) electrons. The van der Waals surface area contributed by atoms with Crippen LogP contribution in [0, 0.1) is 0 Å². The molecule has 1 aliphatic heterocycles. The molecule has 1 aromatic carbocycles. The van der Waals surface area contributed by atoms with Gasteiger partial charge in [0.2, 0.25) is 0 Å². The molecule has 1 aliphatic rings. The molecule has 6 nitrogen and oxygen atoms in total. The normalized spacial score (nSPS) is 20.9. The molecule has 2 heterocycles. The zero-order chi connectivity index (χ0) is 17.8. The van der Waals surface area contributed by atoms with Crippen molar-refractivity contribution in [2.75, 3.05) is 33.8 Å². The highest BCUT2D eigenvalue weighted by molar-refractivity contribution is 5.93. The number of aryl methyl sites for hydroxylation is 1. The van der Waals surface area contributed by atoms with E-state index in [1.54, 1.807) is 16.9 Å². The van der Waals surface area contributed by atoms with Crippen molar-refractivity contribution in [1.29, 1.82) is 0 Å². The molecule has 2 atom stereocenters. The quantitative estimate of drug-likeness (QED) is 0.834. The molecule has 1 saturated heterocycles. The summed E-state index contributed by atoms with van der Waals surface area (Å²) in [5.74, 6) is 0.0141.